The Kier molecular flexibility index (Phi) is 6.00. The summed E-state index contributed by atoms with van der Waals surface area (Å²) in [6, 6.07) is 17.7. The van der Waals surface area contributed by atoms with Crippen molar-refractivity contribution in [3.8, 4) is 11.3 Å². The monoisotopic (exact) mass is 420 g/mol. The van der Waals surface area contributed by atoms with Crippen LogP contribution in [0.4, 0.5) is 11.5 Å². The van der Waals surface area contributed by atoms with E-state index in [1.54, 1.807) is 6.07 Å². The molecule has 3 aromatic rings. The number of rotatable bonds is 4. The summed E-state index contributed by atoms with van der Waals surface area (Å²) in [5.74, 6) is 0.726. The minimum absolute atomic E-state index is 0.0177. The van der Waals surface area contributed by atoms with Crippen LogP contribution in [0.25, 0.3) is 11.3 Å². The molecule has 1 N–H and O–H groups in total. The summed E-state index contributed by atoms with van der Waals surface area (Å²) >= 11 is 6.18. The maximum Gasteiger partial charge on any atom is 0.229 e. The zero-order valence-corrected chi connectivity index (χ0v) is 18.0. The molecular formula is C24H25ClN4O. The zero-order valence-electron chi connectivity index (χ0n) is 17.2. The van der Waals surface area contributed by atoms with Crippen LogP contribution in [0.1, 0.15) is 24.0 Å². The molecule has 0 aliphatic carbocycles. The van der Waals surface area contributed by atoms with Crippen LogP contribution in [0.5, 0.6) is 0 Å². The van der Waals surface area contributed by atoms with Crippen LogP contribution in [0.3, 0.4) is 0 Å². The van der Waals surface area contributed by atoms with Crippen molar-refractivity contribution in [1.82, 2.24) is 10.2 Å². The van der Waals surface area contributed by atoms with E-state index in [0.29, 0.717) is 11.6 Å². The molecule has 1 unspecified atom stereocenters. The van der Waals surface area contributed by atoms with Gasteiger partial charge in [0.25, 0.3) is 0 Å². The van der Waals surface area contributed by atoms with Gasteiger partial charge in [-0.15, -0.1) is 10.2 Å². The molecule has 5 nitrogen and oxygen atoms in total. The van der Waals surface area contributed by atoms with Crippen molar-refractivity contribution in [3.05, 3.63) is 70.7 Å². The molecule has 1 aliphatic rings. The molecule has 1 aromatic heterocycles. The number of benzene rings is 2. The lowest BCUT2D eigenvalue weighted by atomic mass is 9.97. The number of carbonyl (C=O) groups excluding carboxylic acids is 1. The zero-order chi connectivity index (χ0) is 21.1. The lowest BCUT2D eigenvalue weighted by Gasteiger charge is -2.32. The average Bonchev–Trinajstić information content (AvgIpc) is 2.77. The predicted molar refractivity (Wildman–Crippen MR) is 122 cm³/mol. The second-order valence-corrected chi connectivity index (χ2v) is 8.24. The number of aryl methyl sites for hydroxylation is 2. The number of nitrogens with zero attached hydrogens (tertiary/aromatic N) is 3. The molecule has 1 atom stereocenters. The minimum Gasteiger partial charge on any atom is -0.354 e. The average molecular weight is 421 g/mol. The van der Waals surface area contributed by atoms with Crippen molar-refractivity contribution < 1.29 is 4.79 Å². The summed E-state index contributed by atoms with van der Waals surface area (Å²) in [5.41, 5.74) is 4.84. The number of hydrogen-bond acceptors (Lipinski definition) is 4. The topological polar surface area (TPSA) is 58.1 Å². The minimum atomic E-state index is -0.100. The molecule has 4 rings (SSSR count). The number of piperidine rings is 1. The number of nitrogens with one attached hydrogen (secondary N) is 1. The molecule has 1 fully saturated rings. The Hall–Kier alpha value is -2.92. The summed E-state index contributed by atoms with van der Waals surface area (Å²) in [6.45, 7) is 5.51. The van der Waals surface area contributed by atoms with E-state index in [0.717, 1.165) is 47.7 Å². The van der Waals surface area contributed by atoms with E-state index in [4.69, 9.17) is 11.6 Å². The van der Waals surface area contributed by atoms with Gasteiger partial charge in [0.2, 0.25) is 5.91 Å². The van der Waals surface area contributed by atoms with Crippen molar-refractivity contribution in [2.24, 2.45) is 5.92 Å². The van der Waals surface area contributed by atoms with Gasteiger partial charge in [-0.3, -0.25) is 4.79 Å². The number of aromatic nitrogens is 2. The van der Waals surface area contributed by atoms with Gasteiger partial charge in [-0.2, -0.15) is 0 Å². The van der Waals surface area contributed by atoms with E-state index in [1.807, 2.05) is 43.3 Å². The summed E-state index contributed by atoms with van der Waals surface area (Å²) in [5, 5.41) is 12.5. The summed E-state index contributed by atoms with van der Waals surface area (Å²) < 4.78 is 0. The maximum absolute atomic E-state index is 12.8. The highest BCUT2D eigenvalue weighted by molar-refractivity contribution is 6.31. The van der Waals surface area contributed by atoms with E-state index < -0.39 is 0 Å². The van der Waals surface area contributed by atoms with Gasteiger partial charge in [-0.25, -0.2) is 0 Å². The van der Waals surface area contributed by atoms with Crippen LogP contribution in [-0.4, -0.2) is 29.2 Å². The van der Waals surface area contributed by atoms with Crippen molar-refractivity contribution in [3.63, 3.8) is 0 Å². The SMILES string of the molecule is Cc1ccc(NC(=O)C2CCCN(c3ccc(-c4ccccc4C)nn3)C2)cc1Cl. The molecule has 2 aromatic carbocycles. The van der Waals surface area contributed by atoms with Crippen LogP contribution < -0.4 is 10.2 Å². The van der Waals surface area contributed by atoms with Crippen LogP contribution in [0.2, 0.25) is 5.02 Å². The third-order valence-corrected chi connectivity index (χ3v) is 6.03. The van der Waals surface area contributed by atoms with Gasteiger partial charge in [-0.05, 0) is 62.1 Å². The quantitative estimate of drug-likeness (QED) is 0.624. The van der Waals surface area contributed by atoms with Gasteiger partial charge in [0.15, 0.2) is 5.82 Å². The summed E-state index contributed by atoms with van der Waals surface area (Å²) in [7, 11) is 0. The lowest BCUT2D eigenvalue weighted by Crippen LogP contribution is -2.41. The van der Waals surface area contributed by atoms with Crippen LogP contribution >= 0.6 is 11.6 Å². The first kappa shape index (κ1) is 20.4. The first-order chi connectivity index (χ1) is 14.5. The number of amides is 1. The highest BCUT2D eigenvalue weighted by Gasteiger charge is 2.27. The predicted octanol–water partition coefficient (Wildman–Crippen LogP) is 5.27. The molecule has 1 aliphatic heterocycles. The second kappa shape index (κ2) is 8.84. The fourth-order valence-electron chi connectivity index (χ4n) is 3.81. The highest BCUT2D eigenvalue weighted by Crippen LogP contribution is 2.26. The number of anilines is 2. The van der Waals surface area contributed by atoms with Crippen LogP contribution in [0, 0.1) is 19.8 Å². The van der Waals surface area contributed by atoms with E-state index in [2.05, 4.69) is 39.5 Å². The standard InChI is InChI=1S/C24H25ClN4O/c1-16-6-3-4-8-20(16)22-11-12-23(28-27-22)29-13-5-7-18(15-29)24(30)26-19-10-9-17(2)21(25)14-19/h3-4,6,8-12,14,18H,5,7,13,15H2,1-2H3,(H,26,30). The first-order valence-electron chi connectivity index (χ1n) is 10.2. The number of hydrogen-bond donors (Lipinski definition) is 1. The van der Waals surface area contributed by atoms with Crippen LogP contribution in [-0.2, 0) is 4.79 Å². The molecule has 154 valence electrons. The molecule has 2 heterocycles. The molecule has 1 saturated heterocycles. The smallest absolute Gasteiger partial charge is 0.229 e. The van der Waals surface area contributed by atoms with E-state index in [1.165, 1.54) is 5.56 Å². The Morgan fingerprint density at radius 3 is 2.63 bits per heavy atom. The van der Waals surface area contributed by atoms with Crippen molar-refractivity contribution >= 4 is 29.0 Å². The third kappa shape index (κ3) is 4.46. The van der Waals surface area contributed by atoms with Gasteiger partial charge in [0.05, 0.1) is 11.6 Å². The second-order valence-electron chi connectivity index (χ2n) is 7.83. The Morgan fingerprint density at radius 1 is 1.07 bits per heavy atom. The molecule has 0 spiro atoms. The Balaban J connectivity index is 1.44. The third-order valence-electron chi connectivity index (χ3n) is 5.63. The molecule has 0 saturated carbocycles. The highest BCUT2D eigenvalue weighted by atomic mass is 35.5. The molecule has 0 radical (unpaired) electrons. The van der Waals surface area contributed by atoms with E-state index in [9.17, 15) is 4.79 Å². The van der Waals surface area contributed by atoms with E-state index in [-0.39, 0.29) is 11.8 Å². The molecule has 6 heteroatoms. The molecular weight excluding hydrogens is 396 g/mol. The van der Waals surface area contributed by atoms with Gasteiger partial charge in [0, 0.05) is 29.4 Å². The van der Waals surface area contributed by atoms with Crippen molar-refractivity contribution in [1.29, 1.82) is 0 Å². The van der Waals surface area contributed by atoms with Crippen LogP contribution in [0.15, 0.2) is 54.6 Å². The lowest BCUT2D eigenvalue weighted by molar-refractivity contribution is -0.120. The number of halogens is 1. The van der Waals surface area contributed by atoms with Gasteiger partial charge in [0.1, 0.15) is 0 Å². The maximum atomic E-state index is 12.8. The van der Waals surface area contributed by atoms with Gasteiger partial charge >= 0.3 is 0 Å². The van der Waals surface area contributed by atoms with E-state index >= 15 is 0 Å². The largest absolute Gasteiger partial charge is 0.354 e. The van der Waals surface area contributed by atoms with Crippen molar-refractivity contribution in [2.45, 2.75) is 26.7 Å². The first-order valence-corrected chi connectivity index (χ1v) is 10.6. The number of carbonyl (C=O) groups is 1. The summed E-state index contributed by atoms with van der Waals surface area (Å²) in [4.78, 5) is 14.9. The Labute approximate surface area is 182 Å². The normalized spacial score (nSPS) is 16.4. The fourth-order valence-corrected chi connectivity index (χ4v) is 3.99. The molecule has 1 amide bonds. The van der Waals surface area contributed by atoms with Crippen molar-refractivity contribution in [2.75, 3.05) is 23.3 Å². The molecule has 30 heavy (non-hydrogen) atoms. The van der Waals surface area contributed by atoms with Gasteiger partial charge < -0.3 is 10.2 Å². The fraction of sp³-hybridized carbons (Fsp3) is 0.292. The molecule has 0 bridgehead atoms. The Bertz CT molecular complexity index is 1050. The summed E-state index contributed by atoms with van der Waals surface area (Å²) in [6.07, 6.45) is 1.80. The van der Waals surface area contributed by atoms with Gasteiger partial charge in [-0.1, -0.05) is 41.9 Å². The Morgan fingerprint density at radius 2 is 1.90 bits per heavy atom.